The smallest absolute Gasteiger partial charge is 0.257 e. The van der Waals surface area contributed by atoms with Gasteiger partial charge in [-0.25, -0.2) is 4.98 Å². The fraction of sp³-hybridized carbons (Fsp3) is 0.0667. The van der Waals surface area contributed by atoms with Crippen molar-refractivity contribution in [2.75, 3.05) is 5.75 Å². The zero-order chi connectivity index (χ0) is 15.5. The Morgan fingerprint density at radius 2 is 2.09 bits per heavy atom. The van der Waals surface area contributed by atoms with Gasteiger partial charge in [-0.3, -0.25) is 0 Å². The number of para-hydroxylation sites is 2. The summed E-state index contributed by atoms with van der Waals surface area (Å²) >= 11 is 7.17. The lowest BCUT2D eigenvalue weighted by atomic mass is 10.1. The zero-order valence-corrected chi connectivity index (χ0v) is 12.8. The largest absolute Gasteiger partial charge is 0.507 e. The van der Waals surface area contributed by atoms with Crippen molar-refractivity contribution in [2.45, 2.75) is 5.22 Å². The summed E-state index contributed by atoms with van der Waals surface area (Å²) in [7, 11) is 0. The Balaban J connectivity index is 1.80. The minimum absolute atomic E-state index is 0.00429. The first kappa shape index (κ1) is 14.7. The van der Waals surface area contributed by atoms with Gasteiger partial charge >= 0.3 is 0 Å². The summed E-state index contributed by atoms with van der Waals surface area (Å²) in [5, 5.41) is 23.2. The first-order valence-electron chi connectivity index (χ1n) is 6.35. The van der Waals surface area contributed by atoms with Crippen molar-refractivity contribution >= 4 is 40.2 Å². The molecule has 3 aromatic rings. The SMILES string of the molecule is O/N=C(\CSc1nc2ccccc2o1)c1cc(Cl)ccc1O. The predicted molar refractivity (Wildman–Crippen MR) is 86.2 cm³/mol. The van der Waals surface area contributed by atoms with E-state index in [9.17, 15) is 10.3 Å². The van der Waals surface area contributed by atoms with Gasteiger partial charge in [0, 0.05) is 16.3 Å². The number of aromatic hydroxyl groups is 1. The molecule has 0 unspecified atom stereocenters. The third-order valence-electron chi connectivity index (χ3n) is 3.00. The minimum Gasteiger partial charge on any atom is -0.507 e. The van der Waals surface area contributed by atoms with Gasteiger partial charge < -0.3 is 14.7 Å². The summed E-state index contributed by atoms with van der Waals surface area (Å²) in [4.78, 5) is 4.32. The summed E-state index contributed by atoms with van der Waals surface area (Å²) in [5.41, 5.74) is 2.11. The monoisotopic (exact) mass is 334 g/mol. The summed E-state index contributed by atoms with van der Waals surface area (Å²) in [6.07, 6.45) is 0. The third kappa shape index (κ3) is 3.03. The number of thioether (sulfide) groups is 1. The molecule has 0 spiro atoms. The quantitative estimate of drug-likeness (QED) is 0.324. The second kappa shape index (κ2) is 6.29. The number of rotatable bonds is 4. The van der Waals surface area contributed by atoms with Crippen LogP contribution in [0, 0.1) is 0 Å². The zero-order valence-electron chi connectivity index (χ0n) is 11.2. The van der Waals surface area contributed by atoms with Gasteiger partial charge in [0.05, 0.1) is 0 Å². The number of phenols is 1. The molecule has 0 amide bonds. The number of halogens is 1. The first-order chi connectivity index (χ1) is 10.7. The van der Waals surface area contributed by atoms with Crippen LogP contribution in [0.25, 0.3) is 11.1 Å². The molecule has 5 nitrogen and oxygen atoms in total. The van der Waals surface area contributed by atoms with E-state index in [0.29, 0.717) is 21.4 Å². The number of hydrogen-bond donors (Lipinski definition) is 2. The second-order valence-corrected chi connectivity index (χ2v) is 5.81. The second-order valence-electron chi connectivity index (χ2n) is 4.44. The van der Waals surface area contributed by atoms with Crippen molar-refractivity contribution in [3.63, 3.8) is 0 Å². The topological polar surface area (TPSA) is 78.9 Å². The molecule has 3 rings (SSSR count). The molecule has 1 heterocycles. The van der Waals surface area contributed by atoms with Gasteiger partial charge in [-0.15, -0.1) is 0 Å². The number of oxazole rings is 1. The molecule has 0 fully saturated rings. The maximum absolute atomic E-state index is 9.85. The van der Waals surface area contributed by atoms with E-state index in [0.717, 1.165) is 5.52 Å². The molecular weight excluding hydrogens is 324 g/mol. The Labute approximate surface area is 135 Å². The normalized spacial score (nSPS) is 12.0. The van der Waals surface area contributed by atoms with Crippen LogP contribution in [-0.4, -0.2) is 26.8 Å². The highest BCUT2D eigenvalue weighted by Crippen LogP contribution is 2.27. The lowest BCUT2D eigenvalue weighted by molar-refractivity contribution is 0.319. The molecule has 1 aromatic heterocycles. The number of benzene rings is 2. The highest BCUT2D eigenvalue weighted by atomic mass is 35.5. The van der Waals surface area contributed by atoms with E-state index in [2.05, 4.69) is 10.1 Å². The van der Waals surface area contributed by atoms with Crippen molar-refractivity contribution in [1.82, 2.24) is 4.98 Å². The van der Waals surface area contributed by atoms with E-state index in [1.807, 2.05) is 24.3 Å². The molecule has 2 aromatic carbocycles. The maximum atomic E-state index is 9.85. The summed E-state index contributed by atoms with van der Waals surface area (Å²) in [6.45, 7) is 0. The maximum Gasteiger partial charge on any atom is 0.257 e. The van der Waals surface area contributed by atoms with Gasteiger partial charge in [-0.1, -0.05) is 40.7 Å². The van der Waals surface area contributed by atoms with Crippen molar-refractivity contribution in [3.8, 4) is 5.75 Å². The van der Waals surface area contributed by atoms with Gasteiger partial charge in [0.2, 0.25) is 0 Å². The third-order valence-corrected chi connectivity index (χ3v) is 4.07. The predicted octanol–water partition coefficient (Wildman–Crippen LogP) is 4.16. The number of aromatic nitrogens is 1. The number of oxime groups is 1. The molecule has 2 N–H and O–H groups in total. The van der Waals surface area contributed by atoms with Crippen LogP contribution in [0.3, 0.4) is 0 Å². The van der Waals surface area contributed by atoms with Crippen LogP contribution < -0.4 is 0 Å². The van der Waals surface area contributed by atoms with Gasteiger partial charge in [0.15, 0.2) is 5.58 Å². The standard InChI is InChI=1S/C15H11ClN2O3S/c16-9-5-6-13(19)10(7-9)12(18-20)8-22-15-17-11-3-1-2-4-14(11)21-15/h1-7,19-20H,8H2/b18-12+. The molecule has 0 saturated carbocycles. The van der Waals surface area contributed by atoms with E-state index in [4.69, 9.17) is 16.0 Å². The Kier molecular flexibility index (Phi) is 4.22. The molecule has 0 atom stereocenters. The highest BCUT2D eigenvalue weighted by Gasteiger charge is 2.13. The van der Waals surface area contributed by atoms with E-state index < -0.39 is 0 Å². The van der Waals surface area contributed by atoms with E-state index in [-0.39, 0.29) is 17.2 Å². The van der Waals surface area contributed by atoms with E-state index in [1.165, 1.54) is 17.8 Å². The fourth-order valence-corrected chi connectivity index (χ4v) is 2.90. The molecule has 22 heavy (non-hydrogen) atoms. The van der Waals surface area contributed by atoms with Crippen LogP contribution in [0.4, 0.5) is 0 Å². The highest BCUT2D eigenvalue weighted by molar-refractivity contribution is 7.99. The van der Waals surface area contributed by atoms with Crippen LogP contribution >= 0.6 is 23.4 Å². The molecule has 112 valence electrons. The van der Waals surface area contributed by atoms with Crippen molar-refractivity contribution in [3.05, 3.63) is 53.1 Å². The van der Waals surface area contributed by atoms with E-state index in [1.54, 1.807) is 12.1 Å². The van der Waals surface area contributed by atoms with Crippen LogP contribution in [0.5, 0.6) is 5.75 Å². The molecular formula is C15H11ClN2O3S. The number of hydrogen-bond acceptors (Lipinski definition) is 6. The Morgan fingerprint density at radius 3 is 2.86 bits per heavy atom. The molecule has 0 aliphatic rings. The van der Waals surface area contributed by atoms with Gasteiger partial charge in [0.1, 0.15) is 17.0 Å². The van der Waals surface area contributed by atoms with Crippen molar-refractivity contribution < 1.29 is 14.7 Å². The van der Waals surface area contributed by atoms with Crippen LogP contribution in [-0.2, 0) is 0 Å². The Hall–Kier alpha value is -2.18. The minimum atomic E-state index is -0.00429. The fourth-order valence-electron chi connectivity index (χ4n) is 1.94. The average Bonchev–Trinajstić information content (AvgIpc) is 2.94. The first-order valence-corrected chi connectivity index (χ1v) is 7.72. The van der Waals surface area contributed by atoms with Gasteiger partial charge in [-0.05, 0) is 30.3 Å². The van der Waals surface area contributed by atoms with Crippen molar-refractivity contribution in [1.29, 1.82) is 0 Å². The van der Waals surface area contributed by atoms with Crippen LogP contribution in [0.2, 0.25) is 5.02 Å². The summed E-state index contributed by atoms with van der Waals surface area (Å²) in [6, 6.07) is 12.0. The summed E-state index contributed by atoms with van der Waals surface area (Å²) < 4.78 is 5.58. The van der Waals surface area contributed by atoms with Gasteiger partial charge in [0.25, 0.3) is 5.22 Å². The molecule has 0 bridgehead atoms. The Bertz CT molecular complexity index is 815. The molecule has 0 radical (unpaired) electrons. The lowest BCUT2D eigenvalue weighted by Crippen LogP contribution is -2.05. The van der Waals surface area contributed by atoms with E-state index >= 15 is 0 Å². The Morgan fingerprint density at radius 1 is 1.27 bits per heavy atom. The molecule has 0 aliphatic heterocycles. The number of nitrogens with zero attached hydrogens (tertiary/aromatic N) is 2. The molecule has 0 saturated heterocycles. The molecule has 0 aliphatic carbocycles. The van der Waals surface area contributed by atoms with Crippen LogP contribution in [0.1, 0.15) is 5.56 Å². The number of phenolic OH excluding ortho intramolecular Hbond substituents is 1. The lowest BCUT2D eigenvalue weighted by Gasteiger charge is -2.06. The van der Waals surface area contributed by atoms with Crippen molar-refractivity contribution in [2.24, 2.45) is 5.16 Å². The average molecular weight is 335 g/mol. The molecule has 7 heteroatoms. The van der Waals surface area contributed by atoms with Crippen LogP contribution in [0.15, 0.2) is 57.3 Å². The number of fused-ring (bicyclic) bond motifs is 1. The van der Waals surface area contributed by atoms with Gasteiger partial charge in [-0.2, -0.15) is 0 Å². The summed E-state index contributed by atoms with van der Waals surface area (Å²) in [5.74, 6) is 0.271.